The number of hydrogen-bond donors (Lipinski definition) is 0. The molecule has 0 fully saturated rings. The van der Waals surface area contributed by atoms with E-state index >= 15 is 0 Å². The average molecular weight is 307 g/mol. The summed E-state index contributed by atoms with van der Waals surface area (Å²) in [4.78, 5) is 14.6. The first-order valence-electron chi connectivity index (χ1n) is 7.95. The van der Waals surface area contributed by atoms with Gasteiger partial charge in [0.2, 0.25) is 0 Å². The maximum absolute atomic E-state index is 12.4. The highest BCUT2D eigenvalue weighted by Crippen LogP contribution is 2.42. The van der Waals surface area contributed by atoms with Crippen LogP contribution >= 0.6 is 0 Å². The molecule has 0 spiro atoms. The molecule has 0 bridgehead atoms. The van der Waals surface area contributed by atoms with Crippen molar-refractivity contribution < 1.29 is 9.53 Å². The minimum atomic E-state index is -0.211. The fourth-order valence-electron chi connectivity index (χ4n) is 3.18. The van der Waals surface area contributed by atoms with E-state index in [0.29, 0.717) is 13.0 Å². The Labute approximate surface area is 137 Å². The molecular weight excluding hydrogens is 286 g/mol. The molecule has 1 atom stereocenters. The number of ether oxygens (including phenoxy) is 1. The number of rotatable bonds is 4. The lowest BCUT2D eigenvalue weighted by Gasteiger charge is -2.25. The van der Waals surface area contributed by atoms with Crippen molar-refractivity contribution in [3.63, 3.8) is 0 Å². The van der Waals surface area contributed by atoms with Gasteiger partial charge in [-0.3, -0.25) is 0 Å². The Hall–Kier alpha value is -2.55. The van der Waals surface area contributed by atoms with Crippen LogP contribution < -0.4 is 0 Å². The number of nitrogens with zero attached hydrogens (tertiary/aromatic N) is 1. The third-order valence-corrected chi connectivity index (χ3v) is 4.26. The molecule has 1 heterocycles. The van der Waals surface area contributed by atoms with E-state index in [-0.39, 0.29) is 12.0 Å². The highest BCUT2D eigenvalue weighted by Gasteiger charge is 2.34. The monoisotopic (exact) mass is 307 g/mol. The molecule has 2 aromatic rings. The molecule has 1 aliphatic heterocycles. The van der Waals surface area contributed by atoms with Crippen molar-refractivity contribution in [3.8, 4) is 0 Å². The third kappa shape index (κ3) is 3.00. The van der Waals surface area contributed by atoms with Crippen LogP contribution in [0.3, 0.4) is 0 Å². The second-order valence-corrected chi connectivity index (χ2v) is 5.66. The zero-order valence-electron chi connectivity index (χ0n) is 13.5. The predicted molar refractivity (Wildman–Crippen MR) is 91.6 cm³/mol. The fraction of sp³-hybridized carbons (Fsp3) is 0.250. The molecule has 3 rings (SSSR count). The first kappa shape index (κ1) is 15.3. The molecule has 0 saturated heterocycles. The number of carbonyl (C=O) groups is 1. The van der Waals surface area contributed by atoms with E-state index in [0.717, 1.165) is 16.8 Å². The predicted octanol–water partition coefficient (Wildman–Crippen LogP) is 4.04. The van der Waals surface area contributed by atoms with Crippen LogP contribution in [0.15, 0.2) is 66.2 Å². The largest absolute Gasteiger partial charge is 0.463 e. The van der Waals surface area contributed by atoms with Crippen molar-refractivity contribution in [1.82, 2.24) is 4.90 Å². The molecule has 118 valence electrons. The van der Waals surface area contributed by atoms with E-state index in [2.05, 4.69) is 17.0 Å². The van der Waals surface area contributed by atoms with E-state index in [1.165, 1.54) is 5.56 Å². The Morgan fingerprint density at radius 3 is 2.30 bits per heavy atom. The highest BCUT2D eigenvalue weighted by atomic mass is 16.5. The van der Waals surface area contributed by atoms with Crippen LogP contribution in [0.25, 0.3) is 5.70 Å². The lowest BCUT2D eigenvalue weighted by Crippen LogP contribution is -2.18. The van der Waals surface area contributed by atoms with Crippen LogP contribution in [0.4, 0.5) is 0 Å². The molecule has 0 amide bonds. The molecular formula is C20H21NO2. The SMILES string of the molecule is CCOC(=O)C1=C(c2ccccc2)N(C)C(c2ccccc2)C1. The molecule has 0 aliphatic carbocycles. The van der Waals surface area contributed by atoms with Gasteiger partial charge in [-0.05, 0) is 18.1 Å². The van der Waals surface area contributed by atoms with Gasteiger partial charge in [0.05, 0.1) is 23.9 Å². The minimum absolute atomic E-state index is 0.158. The van der Waals surface area contributed by atoms with E-state index < -0.39 is 0 Å². The second-order valence-electron chi connectivity index (χ2n) is 5.66. The average Bonchev–Trinajstić information content (AvgIpc) is 2.94. The van der Waals surface area contributed by atoms with Gasteiger partial charge in [-0.2, -0.15) is 0 Å². The van der Waals surface area contributed by atoms with E-state index in [1.54, 1.807) is 0 Å². The summed E-state index contributed by atoms with van der Waals surface area (Å²) in [5.41, 5.74) is 3.99. The number of carbonyl (C=O) groups excluding carboxylic acids is 1. The van der Waals surface area contributed by atoms with Crippen LogP contribution in [0.1, 0.15) is 30.5 Å². The zero-order chi connectivity index (χ0) is 16.2. The van der Waals surface area contributed by atoms with Crippen molar-refractivity contribution >= 4 is 11.7 Å². The molecule has 0 saturated carbocycles. The lowest BCUT2D eigenvalue weighted by molar-refractivity contribution is -0.138. The smallest absolute Gasteiger partial charge is 0.336 e. The van der Waals surface area contributed by atoms with Gasteiger partial charge in [-0.15, -0.1) is 0 Å². The van der Waals surface area contributed by atoms with Crippen molar-refractivity contribution in [2.45, 2.75) is 19.4 Å². The second kappa shape index (κ2) is 6.69. The van der Waals surface area contributed by atoms with Gasteiger partial charge in [0.1, 0.15) is 0 Å². The first-order chi connectivity index (χ1) is 11.2. The van der Waals surface area contributed by atoms with Gasteiger partial charge >= 0.3 is 5.97 Å². The van der Waals surface area contributed by atoms with Crippen LogP contribution in [-0.2, 0) is 9.53 Å². The van der Waals surface area contributed by atoms with Crippen LogP contribution in [-0.4, -0.2) is 24.5 Å². The summed E-state index contributed by atoms with van der Waals surface area (Å²) in [6.45, 7) is 2.23. The summed E-state index contributed by atoms with van der Waals surface area (Å²) >= 11 is 0. The normalized spacial score (nSPS) is 17.5. The quantitative estimate of drug-likeness (QED) is 0.799. The van der Waals surface area contributed by atoms with E-state index in [9.17, 15) is 4.79 Å². The van der Waals surface area contributed by atoms with Crippen LogP contribution in [0, 0.1) is 0 Å². The molecule has 1 aliphatic rings. The highest BCUT2D eigenvalue weighted by molar-refractivity contribution is 5.98. The van der Waals surface area contributed by atoms with E-state index in [4.69, 9.17) is 4.74 Å². The first-order valence-corrected chi connectivity index (χ1v) is 7.95. The number of benzene rings is 2. The van der Waals surface area contributed by atoms with Gasteiger partial charge < -0.3 is 9.64 Å². The van der Waals surface area contributed by atoms with Gasteiger partial charge in [-0.25, -0.2) is 4.79 Å². The summed E-state index contributed by atoms with van der Waals surface area (Å²) in [5, 5.41) is 0. The molecule has 3 nitrogen and oxygen atoms in total. The Kier molecular flexibility index (Phi) is 4.47. The fourth-order valence-corrected chi connectivity index (χ4v) is 3.18. The molecule has 0 aromatic heterocycles. The Morgan fingerprint density at radius 1 is 1.09 bits per heavy atom. The zero-order valence-corrected chi connectivity index (χ0v) is 13.5. The Morgan fingerprint density at radius 2 is 1.70 bits per heavy atom. The number of hydrogen-bond acceptors (Lipinski definition) is 3. The molecule has 1 unspecified atom stereocenters. The van der Waals surface area contributed by atoms with Gasteiger partial charge in [-0.1, -0.05) is 60.7 Å². The summed E-state index contributed by atoms with van der Waals surface area (Å²) < 4.78 is 5.29. The van der Waals surface area contributed by atoms with Gasteiger partial charge in [0.25, 0.3) is 0 Å². The maximum Gasteiger partial charge on any atom is 0.336 e. The molecule has 3 heteroatoms. The van der Waals surface area contributed by atoms with Crippen molar-refractivity contribution in [2.24, 2.45) is 0 Å². The summed E-state index contributed by atoms with van der Waals surface area (Å²) in [6, 6.07) is 20.5. The number of esters is 1. The Bertz CT molecular complexity index is 707. The molecule has 0 N–H and O–H groups in total. The standard InChI is InChI=1S/C20H21NO2/c1-3-23-20(22)17-14-18(15-10-6-4-7-11-15)21(2)19(17)16-12-8-5-9-13-16/h4-13,18H,3,14H2,1-2H3. The molecule has 2 aromatic carbocycles. The van der Waals surface area contributed by atoms with Crippen molar-refractivity contribution in [1.29, 1.82) is 0 Å². The maximum atomic E-state index is 12.4. The van der Waals surface area contributed by atoms with Crippen LogP contribution in [0.2, 0.25) is 0 Å². The summed E-state index contributed by atoms with van der Waals surface area (Å²) in [6.07, 6.45) is 0.670. The third-order valence-electron chi connectivity index (χ3n) is 4.26. The molecule has 0 radical (unpaired) electrons. The van der Waals surface area contributed by atoms with Crippen molar-refractivity contribution in [2.75, 3.05) is 13.7 Å². The van der Waals surface area contributed by atoms with Gasteiger partial charge in [0.15, 0.2) is 0 Å². The Balaban J connectivity index is 2.02. The van der Waals surface area contributed by atoms with Crippen LogP contribution in [0.5, 0.6) is 0 Å². The topological polar surface area (TPSA) is 29.5 Å². The summed E-state index contributed by atoms with van der Waals surface area (Å²) in [5.74, 6) is -0.211. The summed E-state index contributed by atoms with van der Waals surface area (Å²) in [7, 11) is 2.05. The van der Waals surface area contributed by atoms with Gasteiger partial charge in [0, 0.05) is 13.5 Å². The van der Waals surface area contributed by atoms with E-state index in [1.807, 2.05) is 62.5 Å². The minimum Gasteiger partial charge on any atom is -0.463 e. The molecule has 23 heavy (non-hydrogen) atoms. The van der Waals surface area contributed by atoms with Crippen molar-refractivity contribution in [3.05, 3.63) is 77.4 Å². The lowest BCUT2D eigenvalue weighted by atomic mass is 10.0.